The Morgan fingerprint density at radius 3 is 2.57 bits per heavy atom. The first-order chi connectivity index (χ1) is 3.39. The average molecular weight is 113 g/mol. The molecule has 1 aliphatic rings. The fraction of sp³-hybridized carbons (Fsp3) is 0. The summed E-state index contributed by atoms with van der Waals surface area (Å²) in [5.74, 6) is 1.88. The van der Waals surface area contributed by atoms with Gasteiger partial charge < -0.3 is 5.23 Å². The third kappa shape index (κ3) is 1.28. The van der Waals surface area contributed by atoms with Gasteiger partial charge >= 0.3 is 6.26 Å². The van der Waals surface area contributed by atoms with E-state index in [2.05, 4.69) is 5.23 Å². The lowest BCUT2D eigenvalue weighted by Crippen LogP contribution is -2.21. The Bertz CT molecular complexity index is 110. The Morgan fingerprint density at radius 2 is 2.29 bits per heavy atom. The predicted octanol–water partition coefficient (Wildman–Crippen LogP) is 0.926. The molecule has 0 saturated heterocycles. The molecule has 0 aromatic rings. The summed E-state index contributed by atoms with van der Waals surface area (Å²) in [6.45, 7) is 0. The number of rotatable bonds is 0. The lowest BCUT2D eigenvalue weighted by Gasteiger charge is -2.00. The lowest BCUT2D eigenvalue weighted by atomic mass is 9.91. The maximum absolute atomic E-state index is 5.57. The Morgan fingerprint density at radius 1 is 1.43 bits per heavy atom. The summed E-state index contributed by atoms with van der Waals surface area (Å²) in [6.07, 6.45) is 5.62. The molecule has 1 rings (SSSR count). The van der Waals surface area contributed by atoms with Crippen LogP contribution in [0.2, 0.25) is 0 Å². The molecule has 1 aliphatic heterocycles. The van der Waals surface area contributed by atoms with Crippen LogP contribution in [0.4, 0.5) is 0 Å². The number of allylic oxidation sites excluding steroid dienone is 2. The zero-order chi connectivity index (χ0) is 5.11. The molecular formula is C4H5BClN. The molecule has 0 fully saturated rings. The SMILES string of the molecule is ClB1C=CC=CN1. The van der Waals surface area contributed by atoms with E-state index in [0.29, 0.717) is 0 Å². The van der Waals surface area contributed by atoms with E-state index < -0.39 is 0 Å². The molecule has 7 heavy (non-hydrogen) atoms. The van der Waals surface area contributed by atoms with Crippen molar-refractivity contribution in [2.45, 2.75) is 0 Å². The van der Waals surface area contributed by atoms with E-state index >= 15 is 0 Å². The molecule has 1 nitrogen and oxygen atoms in total. The quantitative estimate of drug-likeness (QED) is 0.461. The van der Waals surface area contributed by atoms with Gasteiger partial charge in [0.15, 0.2) is 0 Å². The van der Waals surface area contributed by atoms with Crippen LogP contribution in [0.5, 0.6) is 0 Å². The van der Waals surface area contributed by atoms with Gasteiger partial charge in [-0.05, 0) is 12.3 Å². The third-order valence-corrected chi connectivity index (χ3v) is 1.01. The van der Waals surface area contributed by atoms with Crippen LogP contribution in [-0.4, -0.2) is 6.26 Å². The summed E-state index contributed by atoms with van der Waals surface area (Å²) in [5, 5.41) is 2.88. The van der Waals surface area contributed by atoms with E-state index in [4.69, 9.17) is 11.5 Å². The van der Waals surface area contributed by atoms with Gasteiger partial charge in [-0.3, -0.25) is 0 Å². The highest BCUT2D eigenvalue weighted by Gasteiger charge is 2.02. The van der Waals surface area contributed by atoms with Gasteiger partial charge in [-0.15, -0.1) is 0 Å². The Labute approximate surface area is 48.1 Å². The summed E-state index contributed by atoms with van der Waals surface area (Å²) >= 11 is 5.57. The van der Waals surface area contributed by atoms with Gasteiger partial charge in [0.1, 0.15) is 0 Å². The van der Waals surface area contributed by atoms with Gasteiger partial charge in [0, 0.05) is 0 Å². The second-order valence-corrected chi connectivity index (χ2v) is 1.78. The summed E-state index contributed by atoms with van der Waals surface area (Å²) in [5.41, 5.74) is 0. The van der Waals surface area contributed by atoms with E-state index in [-0.39, 0.29) is 6.26 Å². The molecule has 1 heterocycles. The number of nitrogens with one attached hydrogen (secondary N) is 1. The topological polar surface area (TPSA) is 12.0 Å². The van der Waals surface area contributed by atoms with Crippen molar-refractivity contribution in [1.82, 2.24) is 5.23 Å². The molecular weight excluding hydrogens is 108 g/mol. The van der Waals surface area contributed by atoms with Crippen LogP contribution in [0.1, 0.15) is 0 Å². The van der Waals surface area contributed by atoms with Crippen LogP contribution in [0.15, 0.2) is 24.3 Å². The van der Waals surface area contributed by atoms with Crippen molar-refractivity contribution in [1.29, 1.82) is 0 Å². The van der Waals surface area contributed by atoms with Crippen LogP contribution < -0.4 is 5.23 Å². The lowest BCUT2D eigenvalue weighted by molar-refractivity contribution is 1.34. The molecule has 0 aromatic heterocycles. The molecule has 0 spiro atoms. The van der Waals surface area contributed by atoms with Gasteiger partial charge in [0.05, 0.1) is 0 Å². The predicted molar refractivity (Wildman–Crippen MR) is 33.0 cm³/mol. The van der Waals surface area contributed by atoms with E-state index in [1.807, 2.05) is 24.3 Å². The first-order valence-corrected chi connectivity index (χ1v) is 2.57. The number of halogens is 1. The number of hydrogen-bond donors (Lipinski definition) is 1. The minimum absolute atomic E-state index is 0.00926. The fourth-order valence-corrected chi connectivity index (χ4v) is 0.577. The molecule has 0 saturated carbocycles. The van der Waals surface area contributed by atoms with Gasteiger partial charge in [-0.2, -0.15) is 11.5 Å². The standard InChI is InChI=1S/C4H5BClN/c6-5-3-1-2-4-7-5/h1-4,7H. The van der Waals surface area contributed by atoms with Crippen molar-refractivity contribution < 1.29 is 0 Å². The van der Waals surface area contributed by atoms with E-state index in [1.54, 1.807) is 0 Å². The van der Waals surface area contributed by atoms with Crippen molar-refractivity contribution in [3.63, 3.8) is 0 Å². The molecule has 0 amide bonds. The van der Waals surface area contributed by atoms with Crippen LogP contribution in [0.25, 0.3) is 0 Å². The van der Waals surface area contributed by atoms with Gasteiger partial charge in [0.25, 0.3) is 0 Å². The number of hydrogen-bond acceptors (Lipinski definition) is 1. The Kier molecular flexibility index (Phi) is 1.42. The van der Waals surface area contributed by atoms with E-state index in [9.17, 15) is 0 Å². The smallest absolute Gasteiger partial charge is 0.384 e. The maximum atomic E-state index is 5.57. The second kappa shape index (κ2) is 2.08. The average Bonchev–Trinajstić information content (AvgIpc) is 1.69. The van der Waals surface area contributed by atoms with Gasteiger partial charge in [0.2, 0.25) is 0 Å². The Balaban J connectivity index is 2.49. The summed E-state index contributed by atoms with van der Waals surface area (Å²) in [7, 11) is 0. The molecule has 36 valence electrons. The fourth-order valence-electron chi connectivity index (χ4n) is 0.420. The molecule has 0 aromatic carbocycles. The molecule has 1 N–H and O–H groups in total. The minimum Gasteiger partial charge on any atom is -0.417 e. The highest BCUT2D eigenvalue weighted by molar-refractivity contribution is 7.08. The Hall–Kier alpha value is -0.365. The molecule has 3 heteroatoms. The van der Waals surface area contributed by atoms with E-state index in [0.717, 1.165) is 0 Å². The zero-order valence-electron chi connectivity index (χ0n) is 3.76. The molecule has 0 unspecified atom stereocenters. The van der Waals surface area contributed by atoms with Crippen LogP contribution >= 0.6 is 11.5 Å². The zero-order valence-corrected chi connectivity index (χ0v) is 4.52. The summed E-state index contributed by atoms with van der Waals surface area (Å²) in [6, 6.07) is 0. The molecule has 0 bridgehead atoms. The monoisotopic (exact) mass is 113 g/mol. The van der Waals surface area contributed by atoms with Crippen molar-refractivity contribution in [3.05, 3.63) is 24.3 Å². The first-order valence-electron chi connectivity index (χ1n) is 2.13. The molecule has 0 radical (unpaired) electrons. The van der Waals surface area contributed by atoms with Gasteiger partial charge in [-0.1, -0.05) is 12.1 Å². The first kappa shape index (κ1) is 4.79. The van der Waals surface area contributed by atoms with Crippen LogP contribution in [-0.2, 0) is 0 Å². The van der Waals surface area contributed by atoms with Gasteiger partial charge in [-0.25, -0.2) is 0 Å². The normalized spacial score (nSPS) is 17.0. The summed E-state index contributed by atoms with van der Waals surface area (Å²) in [4.78, 5) is 0. The second-order valence-electron chi connectivity index (χ2n) is 1.31. The van der Waals surface area contributed by atoms with Crippen molar-refractivity contribution in [3.8, 4) is 0 Å². The van der Waals surface area contributed by atoms with Crippen molar-refractivity contribution >= 4 is 17.7 Å². The largest absolute Gasteiger partial charge is 0.417 e. The van der Waals surface area contributed by atoms with Crippen LogP contribution in [0, 0.1) is 0 Å². The van der Waals surface area contributed by atoms with Crippen molar-refractivity contribution in [2.75, 3.05) is 0 Å². The third-order valence-electron chi connectivity index (χ3n) is 0.743. The maximum Gasteiger partial charge on any atom is 0.384 e. The molecule has 0 atom stereocenters. The minimum atomic E-state index is -0.00926. The van der Waals surface area contributed by atoms with Crippen molar-refractivity contribution in [2.24, 2.45) is 0 Å². The van der Waals surface area contributed by atoms with Crippen LogP contribution in [0.3, 0.4) is 0 Å². The van der Waals surface area contributed by atoms with E-state index in [1.165, 1.54) is 0 Å². The summed E-state index contributed by atoms with van der Waals surface area (Å²) < 4.78 is 0. The highest BCUT2D eigenvalue weighted by Crippen LogP contribution is 1.92. The molecule has 0 aliphatic carbocycles. The highest BCUT2D eigenvalue weighted by atomic mass is 35.5.